The highest BCUT2D eigenvalue weighted by molar-refractivity contribution is 6.20. The largest absolute Gasteiger partial charge is 0.0622 e. The Kier molecular flexibility index (Phi) is 3.27. The molecule has 0 fully saturated rings. The van der Waals surface area contributed by atoms with Crippen molar-refractivity contribution in [2.75, 3.05) is 0 Å². The lowest BCUT2D eigenvalue weighted by molar-refractivity contribution is 1.59. The van der Waals surface area contributed by atoms with Gasteiger partial charge in [0.1, 0.15) is 0 Å². The zero-order valence-corrected chi connectivity index (χ0v) is 15.4. The van der Waals surface area contributed by atoms with Crippen molar-refractivity contribution in [2.24, 2.45) is 0 Å². The molecule has 130 valence electrons. The quantitative estimate of drug-likeness (QED) is 0.297. The highest BCUT2D eigenvalue weighted by atomic mass is 14.3. The van der Waals surface area contributed by atoms with Gasteiger partial charge in [-0.05, 0) is 55.3 Å². The van der Waals surface area contributed by atoms with E-state index in [1.165, 1.54) is 55.3 Å². The van der Waals surface area contributed by atoms with Crippen LogP contribution in [0.25, 0.3) is 55.3 Å². The van der Waals surface area contributed by atoms with Gasteiger partial charge >= 0.3 is 0 Å². The number of benzene rings is 5. The molecule has 0 atom stereocenters. The average Bonchev–Trinajstić information content (AvgIpc) is 3.11. The van der Waals surface area contributed by atoms with Gasteiger partial charge in [0.15, 0.2) is 0 Å². The number of hydrogen-bond acceptors (Lipinski definition) is 0. The van der Waals surface area contributed by atoms with Gasteiger partial charge in [-0.15, -0.1) is 0 Å². The van der Waals surface area contributed by atoms with Crippen molar-refractivity contribution in [2.45, 2.75) is 0 Å². The van der Waals surface area contributed by atoms with E-state index in [4.69, 9.17) is 0 Å². The molecular weight excluding hydrogens is 336 g/mol. The van der Waals surface area contributed by atoms with Crippen LogP contribution in [-0.4, -0.2) is 0 Å². The molecule has 0 spiro atoms. The Hall–Kier alpha value is -3.64. The molecule has 0 radical (unpaired) electrons. The Morgan fingerprint density at radius 3 is 1.25 bits per heavy atom. The molecule has 0 N–H and O–H groups in total. The summed E-state index contributed by atoms with van der Waals surface area (Å²) < 4.78 is 0. The van der Waals surface area contributed by atoms with E-state index < -0.39 is 0 Å². The fraction of sp³-hybridized carbons (Fsp3) is 0. The van der Waals surface area contributed by atoms with Crippen LogP contribution in [0.3, 0.4) is 0 Å². The maximum atomic E-state index is 2.29. The Morgan fingerprint density at radius 2 is 0.786 bits per heavy atom. The monoisotopic (exact) mass is 354 g/mol. The molecule has 28 heavy (non-hydrogen) atoms. The molecule has 0 saturated heterocycles. The van der Waals surface area contributed by atoms with E-state index in [1.807, 2.05) is 0 Å². The number of rotatable bonds is 2. The van der Waals surface area contributed by atoms with Crippen LogP contribution in [0.1, 0.15) is 0 Å². The van der Waals surface area contributed by atoms with Gasteiger partial charge in [-0.1, -0.05) is 109 Å². The third-order valence-electron chi connectivity index (χ3n) is 5.82. The minimum absolute atomic E-state index is 1.27. The van der Waals surface area contributed by atoms with Crippen molar-refractivity contribution in [1.82, 2.24) is 0 Å². The van der Waals surface area contributed by atoms with Crippen LogP contribution >= 0.6 is 0 Å². The van der Waals surface area contributed by atoms with Gasteiger partial charge in [-0.2, -0.15) is 0 Å². The summed E-state index contributed by atoms with van der Waals surface area (Å²) in [5, 5.41) is 2.68. The predicted octanol–water partition coefficient (Wildman–Crippen LogP) is 7.82. The molecule has 0 aliphatic heterocycles. The minimum Gasteiger partial charge on any atom is -0.0622 e. The van der Waals surface area contributed by atoms with Gasteiger partial charge in [0.2, 0.25) is 0 Å². The van der Waals surface area contributed by atoms with E-state index in [9.17, 15) is 0 Å². The van der Waals surface area contributed by atoms with E-state index in [1.54, 1.807) is 0 Å². The molecule has 0 aromatic heterocycles. The summed E-state index contributed by atoms with van der Waals surface area (Å²) >= 11 is 0. The standard InChI is InChI=1S/C28H18/c1-3-9-19(10-4-1)22-17-18-23(20-11-5-2-6-12-20)28-25-16-8-14-21-13-7-15-24(26(21)25)27(22)28/h1-18H. The molecule has 1 aliphatic rings. The molecule has 0 heteroatoms. The maximum absolute atomic E-state index is 2.29. The summed E-state index contributed by atoms with van der Waals surface area (Å²) in [6.45, 7) is 0. The van der Waals surface area contributed by atoms with Crippen molar-refractivity contribution < 1.29 is 0 Å². The predicted molar refractivity (Wildman–Crippen MR) is 119 cm³/mol. The van der Waals surface area contributed by atoms with Crippen molar-refractivity contribution in [1.29, 1.82) is 0 Å². The number of fused-ring (bicyclic) bond motifs is 3. The van der Waals surface area contributed by atoms with Gasteiger partial charge in [-0.25, -0.2) is 0 Å². The molecule has 1 aliphatic carbocycles. The summed E-state index contributed by atoms with van der Waals surface area (Å²) in [5.41, 5.74) is 10.6. The Labute approximate surface area is 164 Å². The van der Waals surface area contributed by atoms with Gasteiger partial charge < -0.3 is 0 Å². The van der Waals surface area contributed by atoms with Gasteiger partial charge in [0, 0.05) is 0 Å². The van der Waals surface area contributed by atoms with Crippen molar-refractivity contribution in [3.05, 3.63) is 109 Å². The smallest absolute Gasteiger partial charge is 0.00139 e. The Balaban J connectivity index is 1.78. The van der Waals surface area contributed by atoms with Crippen molar-refractivity contribution >= 4 is 10.8 Å². The number of hydrogen-bond donors (Lipinski definition) is 0. The second kappa shape index (κ2) is 5.94. The van der Waals surface area contributed by atoms with Crippen LogP contribution in [0.5, 0.6) is 0 Å². The van der Waals surface area contributed by atoms with Crippen LogP contribution in [-0.2, 0) is 0 Å². The minimum atomic E-state index is 1.27. The van der Waals surface area contributed by atoms with Gasteiger partial charge in [-0.3, -0.25) is 0 Å². The summed E-state index contributed by atoms with van der Waals surface area (Å²) in [4.78, 5) is 0. The Bertz CT molecular complexity index is 1230. The van der Waals surface area contributed by atoms with Crippen molar-refractivity contribution in [3.8, 4) is 44.5 Å². The maximum Gasteiger partial charge on any atom is -0.00139 e. The van der Waals surface area contributed by atoms with Crippen LogP contribution < -0.4 is 0 Å². The molecular formula is C28H18. The zero-order chi connectivity index (χ0) is 18.5. The molecule has 0 amide bonds. The van der Waals surface area contributed by atoms with Crippen LogP contribution in [0.2, 0.25) is 0 Å². The van der Waals surface area contributed by atoms with E-state index in [-0.39, 0.29) is 0 Å². The first-order chi connectivity index (χ1) is 13.9. The molecule has 0 heterocycles. The summed E-state index contributed by atoms with van der Waals surface area (Å²) in [6.07, 6.45) is 0. The second-order valence-corrected chi connectivity index (χ2v) is 7.35. The first kappa shape index (κ1) is 15.4. The second-order valence-electron chi connectivity index (χ2n) is 7.35. The molecule has 0 nitrogen and oxygen atoms in total. The molecule has 0 bridgehead atoms. The molecule has 0 unspecified atom stereocenters. The Morgan fingerprint density at radius 1 is 0.321 bits per heavy atom. The van der Waals surface area contributed by atoms with E-state index in [2.05, 4.69) is 109 Å². The summed E-state index contributed by atoms with van der Waals surface area (Å²) in [5.74, 6) is 0. The lowest BCUT2D eigenvalue weighted by Gasteiger charge is -2.15. The molecule has 5 aromatic rings. The van der Waals surface area contributed by atoms with E-state index in [0.717, 1.165) is 0 Å². The van der Waals surface area contributed by atoms with E-state index in [0.29, 0.717) is 0 Å². The first-order valence-electron chi connectivity index (χ1n) is 9.72. The van der Waals surface area contributed by atoms with E-state index >= 15 is 0 Å². The van der Waals surface area contributed by atoms with Crippen molar-refractivity contribution in [3.63, 3.8) is 0 Å². The van der Waals surface area contributed by atoms with Crippen LogP contribution in [0.4, 0.5) is 0 Å². The SMILES string of the molecule is c1ccc(-c2ccc(-c3ccccc3)c3c2-c2cccc4cccc-3c24)cc1. The van der Waals surface area contributed by atoms with Gasteiger partial charge in [0.25, 0.3) is 0 Å². The summed E-state index contributed by atoms with van der Waals surface area (Å²) in [7, 11) is 0. The highest BCUT2D eigenvalue weighted by Crippen LogP contribution is 2.54. The van der Waals surface area contributed by atoms with Crippen LogP contribution in [0.15, 0.2) is 109 Å². The molecule has 5 aromatic carbocycles. The summed E-state index contributed by atoms with van der Waals surface area (Å²) in [6, 6.07) is 39.4. The third kappa shape index (κ3) is 2.12. The third-order valence-corrected chi connectivity index (χ3v) is 5.82. The fourth-order valence-corrected chi connectivity index (χ4v) is 4.64. The molecule has 6 rings (SSSR count). The normalized spacial score (nSPS) is 11.6. The lowest BCUT2D eigenvalue weighted by atomic mass is 9.88. The molecule has 0 saturated carbocycles. The fourth-order valence-electron chi connectivity index (χ4n) is 4.64. The van der Waals surface area contributed by atoms with Crippen LogP contribution in [0, 0.1) is 0 Å². The van der Waals surface area contributed by atoms with Gasteiger partial charge in [0.05, 0.1) is 0 Å². The highest BCUT2D eigenvalue weighted by Gasteiger charge is 2.27. The average molecular weight is 354 g/mol. The topological polar surface area (TPSA) is 0 Å². The lowest BCUT2D eigenvalue weighted by Crippen LogP contribution is -1.89. The first-order valence-corrected chi connectivity index (χ1v) is 9.72. The zero-order valence-electron chi connectivity index (χ0n) is 15.4.